The number of benzene rings is 1. The van der Waals surface area contributed by atoms with Crippen molar-refractivity contribution >= 4 is 11.6 Å². The fourth-order valence-corrected chi connectivity index (χ4v) is 3.86. The Hall–Kier alpha value is -2.73. The molecule has 0 spiro atoms. The highest BCUT2D eigenvalue weighted by Gasteiger charge is 2.25. The molecule has 3 aromatic rings. The van der Waals surface area contributed by atoms with Crippen LogP contribution in [0.3, 0.4) is 0 Å². The summed E-state index contributed by atoms with van der Waals surface area (Å²) in [5.41, 5.74) is 2.59. The number of aliphatic hydroxyl groups excluding tert-OH is 1. The lowest BCUT2D eigenvalue weighted by Gasteiger charge is -2.32. The molecule has 4 rings (SSSR count). The first-order chi connectivity index (χ1) is 13.5. The number of aliphatic hydroxyl groups is 1. The lowest BCUT2D eigenvalue weighted by molar-refractivity contribution is 0.0712. The van der Waals surface area contributed by atoms with Crippen LogP contribution >= 0.6 is 0 Å². The number of hydrogen-bond donors (Lipinski definition) is 1. The number of hydrogen-bond acceptors (Lipinski definition) is 4. The van der Waals surface area contributed by atoms with Gasteiger partial charge in [-0.1, -0.05) is 44.2 Å². The zero-order valence-corrected chi connectivity index (χ0v) is 16.3. The fourth-order valence-electron chi connectivity index (χ4n) is 3.86. The second-order valence-electron chi connectivity index (χ2n) is 7.87. The molecule has 1 amide bonds. The van der Waals surface area contributed by atoms with Crippen molar-refractivity contribution in [3.63, 3.8) is 0 Å². The molecule has 0 saturated carbocycles. The Bertz CT molecular complexity index is 959. The van der Waals surface area contributed by atoms with Crippen LogP contribution in [0.5, 0.6) is 0 Å². The van der Waals surface area contributed by atoms with Crippen molar-refractivity contribution < 1.29 is 9.90 Å². The van der Waals surface area contributed by atoms with E-state index in [1.54, 1.807) is 22.7 Å². The molecule has 0 bridgehead atoms. The fraction of sp³-hybridized carbons (Fsp3) is 0.409. The van der Waals surface area contributed by atoms with Gasteiger partial charge in [0.25, 0.3) is 5.91 Å². The number of pyridine rings is 1. The first kappa shape index (κ1) is 18.6. The number of carbonyl (C=O) groups is 1. The van der Waals surface area contributed by atoms with E-state index in [1.807, 2.05) is 24.8 Å². The number of nitrogens with zero attached hydrogens (tertiary/aromatic N) is 4. The van der Waals surface area contributed by atoms with E-state index in [0.29, 0.717) is 23.0 Å². The van der Waals surface area contributed by atoms with Gasteiger partial charge in [0.2, 0.25) is 0 Å². The standard InChI is InChI=1S/C22H26N4O2/c1-15(2)20(27)21-24-23-19-9-8-18(14-26(19)21)22(28)25-12-10-17(11-13-25)16-6-4-3-5-7-16/h3-9,14-15,17,20,27H,10-13H2,1-2H3. The number of amides is 1. The Morgan fingerprint density at radius 2 is 1.79 bits per heavy atom. The molecule has 1 aromatic carbocycles. The Morgan fingerprint density at radius 1 is 1.07 bits per heavy atom. The molecule has 3 heterocycles. The number of rotatable bonds is 4. The normalized spacial score (nSPS) is 16.6. The van der Waals surface area contributed by atoms with Crippen LogP contribution in [0.2, 0.25) is 0 Å². The number of piperidine rings is 1. The summed E-state index contributed by atoms with van der Waals surface area (Å²) >= 11 is 0. The van der Waals surface area contributed by atoms with Crippen LogP contribution in [-0.4, -0.2) is 43.6 Å². The van der Waals surface area contributed by atoms with E-state index >= 15 is 0 Å². The molecule has 1 fully saturated rings. The maximum atomic E-state index is 13.0. The molecule has 1 aliphatic rings. The molecular weight excluding hydrogens is 352 g/mol. The smallest absolute Gasteiger partial charge is 0.255 e. The number of fused-ring (bicyclic) bond motifs is 1. The second-order valence-corrected chi connectivity index (χ2v) is 7.87. The maximum absolute atomic E-state index is 13.0. The van der Waals surface area contributed by atoms with Crippen LogP contribution in [0.4, 0.5) is 0 Å². The SMILES string of the molecule is CC(C)C(O)c1nnc2ccc(C(=O)N3CCC(c4ccccc4)CC3)cn12. The van der Waals surface area contributed by atoms with Crippen LogP contribution in [0.15, 0.2) is 48.7 Å². The second kappa shape index (κ2) is 7.72. The summed E-state index contributed by atoms with van der Waals surface area (Å²) in [6, 6.07) is 14.1. The van der Waals surface area contributed by atoms with Crippen LogP contribution in [0.1, 0.15) is 60.5 Å². The zero-order chi connectivity index (χ0) is 19.7. The molecule has 1 N–H and O–H groups in total. The zero-order valence-electron chi connectivity index (χ0n) is 16.3. The first-order valence-electron chi connectivity index (χ1n) is 9.91. The quantitative estimate of drug-likeness (QED) is 0.755. The van der Waals surface area contributed by atoms with Gasteiger partial charge in [0.1, 0.15) is 6.10 Å². The third kappa shape index (κ3) is 3.52. The van der Waals surface area contributed by atoms with Crippen LogP contribution < -0.4 is 0 Å². The summed E-state index contributed by atoms with van der Waals surface area (Å²) < 4.78 is 1.73. The van der Waals surface area contributed by atoms with Crippen molar-refractivity contribution in [2.75, 3.05) is 13.1 Å². The Labute approximate surface area is 164 Å². The molecule has 2 aromatic heterocycles. The van der Waals surface area contributed by atoms with Crippen LogP contribution in [-0.2, 0) is 0 Å². The van der Waals surface area contributed by atoms with Crippen LogP contribution in [0, 0.1) is 5.92 Å². The van der Waals surface area contributed by atoms with Gasteiger partial charge < -0.3 is 10.0 Å². The minimum absolute atomic E-state index is 0.0174. The van der Waals surface area contributed by atoms with Gasteiger partial charge in [0.15, 0.2) is 11.5 Å². The van der Waals surface area contributed by atoms with Gasteiger partial charge in [0, 0.05) is 19.3 Å². The van der Waals surface area contributed by atoms with Gasteiger partial charge in [-0.25, -0.2) is 0 Å². The van der Waals surface area contributed by atoms with Crippen molar-refractivity contribution in [2.24, 2.45) is 5.92 Å². The van der Waals surface area contributed by atoms with Gasteiger partial charge in [-0.15, -0.1) is 10.2 Å². The summed E-state index contributed by atoms with van der Waals surface area (Å²) in [5.74, 6) is 1.02. The molecular formula is C22H26N4O2. The van der Waals surface area contributed by atoms with Gasteiger partial charge >= 0.3 is 0 Å². The van der Waals surface area contributed by atoms with Crippen molar-refractivity contribution in [1.82, 2.24) is 19.5 Å². The van der Waals surface area contributed by atoms with E-state index in [0.717, 1.165) is 25.9 Å². The van der Waals surface area contributed by atoms with E-state index in [9.17, 15) is 9.90 Å². The molecule has 6 nitrogen and oxygen atoms in total. The van der Waals surface area contributed by atoms with Crippen molar-refractivity contribution in [3.8, 4) is 0 Å². The van der Waals surface area contributed by atoms with E-state index in [-0.39, 0.29) is 11.8 Å². The molecule has 1 unspecified atom stereocenters. The molecule has 28 heavy (non-hydrogen) atoms. The molecule has 1 saturated heterocycles. The predicted octanol–water partition coefficient (Wildman–Crippen LogP) is 3.44. The van der Waals surface area contributed by atoms with E-state index in [1.165, 1.54) is 5.56 Å². The highest BCUT2D eigenvalue weighted by molar-refractivity contribution is 5.94. The molecule has 0 aliphatic carbocycles. The summed E-state index contributed by atoms with van der Waals surface area (Å²) in [6.45, 7) is 5.36. The van der Waals surface area contributed by atoms with Crippen molar-refractivity contribution in [3.05, 3.63) is 65.6 Å². The molecule has 1 aliphatic heterocycles. The molecule has 1 atom stereocenters. The summed E-state index contributed by atoms with van der Waals surface area (Å²) in [6.07, 6.45) is 2.98. The highest BCUT2D eigenvalue weighted by Crippen LogP contribution is 2.28. The lowest BCUT2D eigenvalue weighted by atomic mass is 9.89. The topological polar surface area (TPSA) is 70.7 Å². The van der Waals surface area contributed by atoms with Gasteiger partial charge in [0.05, 0.1) is 5.56 Å². The summed E-state index contributed by atoms with van der Waals surface area (Å²) in [5, 5.41) is 18.6. The number of carbonyl (C=O) groups excluding carboxylic acids is 1. The van der Waals surface area contributed by atoms with Crippen LogP contribution in [0.25, 0.3) is 5.65 Å². The third-order valence-electron chi connectivity index (χ3n) is 5.62. The van der Waals surface area contributed by atoms with Crippen molar-refractivity contribution in [1.29, 1.82) is 0 Å². The maximum Gasteiger partial charge on any atom is 0.255 e. The number of aromatic nitrogens is 3. The van der Waals surface area contributed by atoms with Gasteiger partial charge in [-0.05, 0) is 42.4 Å². The van der Waals surface area contributed by atoms with Gasteiger partial charge in [-0.3, -0.25) is 9.20 Å². The minimum Gasteiger partial charge on any atom is -0.385 e. The highest BCUT2D eigenvalue weighted by atomic mass is 16.3. The Balaban J connectivity index is 1.51. The average molecular weight is 378 g/mol. The van der Waals surface area contributed by atoms with E-state index in [4.69, 9.17) is 0 Å². The Kier molecular flexibility index (Phi) is 5.13. The molecule has 146 valence electrons. The molecule has 6 heteroatoms. The average Bonchev–Trinajstić information content (AvgIpc) is 3.16. The largest absolute Gasteiger partial charge is 0.385 e. The van der Waals surface area contributed by atoms with Crippen molar-refractivity contribution in [2.45, 2.75) is 38.7 Å². The Morgan fingerprint density at radius 3 is 2.46 bits per heavy atom. The number of likely N-dealkylation sites (tertiary alicyclic amines) is 1. The molecule has 0 radical (unpaired) electrons. The predicted molar refractivity (Wildman–Crippen MR) is 107 cm³/mol. The third-order valence-corrected chi connectivity index (χ3v) is 5.62. The minimum atomic E-state index is -0.720. The monoisotopic (exact) mass is 378 g/mol. The lowest BCUT2D eigenvalue weighted by Crippen LogP contribution is -2.38. The summed E-state index contributed by atoms with van der Waals surface area (Å²) in [7, 11) is 0. The van der Waals surface area contributed by atoms with E-state index < -0.39 is 6.10 Å². The van der Waals surface area contributed by atoms with E-state index in [2.05, 4.69) is 34.5 Å². The first-order valence-corrected chi connectivity index (χ1v) is 9.91. The van der Waals surface area contributed by atoms with Gasteiger partial charge in [-0.2, -0.15) is 0 Å². The summed E-state index contributed by atoms with van der Waals surface area (Å²) in [4.78, 5) is 15.0.